The van der Waals surface area contributed by atoms with Crippen LogP contribution in [0.2, 0.25) is 0 Å². The minimum absolute atomic E-state index is 0.0601. The van der Waals surface area contributed by atoms with E-state index < -0.39 is 6.10 Å². The van der Waals surface area contributed by atoms with Crippen molar-refractivity contribution in [2.75, 3.05) is 6.54 Å². The molecule has 0 spiro atoms. The number of halogens is 1. The lowest BCUT2D eigenvalue weighted by Gasteiger charge is -2.15. The van der Waals surface area contributed by atoms with Gasteiger partial charge in [0.25, 0.3) is 0 Å². The van der Waals surface area contributed by atoms with Crippen molar-refractivity contribution >= 4 is 32.6 Å². The number of carbonyl (C=O) groups excluding carboxylic acids is 1. The second-order valence-corrected chi connectivity index (χ2v) is 6.83. The summed E-state index contributed by atoms with van der Waals surface area (Å²) in [4.78, 5) is 12.1. The molecule has 0 aromatic heterocycles. The highest BCUT2D eigenvalue weighted by Gasteiger charge is 2.12. The maximum atomic E-state index is 12.1. The van der Waals surface area contributed by atoms with Gasteiger partial charge in [-0.05, 0) is 34.4 Å². The molecule has 3 nitrogen and oxygen atoms in total. The first-order valence-electron chi connectivity index (χ1n) is 8.31. The Morgan fingerprint density at radius 2 is 1.72 bits per heavy atom. The Kier molecular flexibility index (Phi) is 5.84. The number of aliphatic hydroxyl groups is 1. The van der Waals surface area contributed by atoms with Gasteiger partial charge in [-0.2, -0.15) is 0 Å². The number of rotatable bonds is 6. The van der Waals surface area contributed by atoms with Gasteiger partial charge in [-0.15, -0.1) is 0 Å². The van der Waals surface area contributed by atoms with Gasteiger partial charge in [0.15, 0.2) is 0 Å². The van der Waals surface area contributed by atoms with E-state index in [-0.39, 0.29) is 12.5 Å². The Hall–Kier alpha value is -2.17. The molecule has 0 unspecified atom stereocenters. The van der Waals surface area contributed by atoms with Crippen LogP contribution in [0.1, 0.15) is 23.7 Å². The second kappa shape index (κ2) is 8.28. The van der Waals surface area contributed by atoms with E-state index in [1.807, 2.05) is 66.7 Å². The summed E-state index contributed by atoms with van der Waals surface area (Å²) >= 11 is 3.49. The van der Waals surface area contributed by atoms with Crippen molar-refractivity contribution in [3.05, 3.63) is 82.3 Å². The van der Waals surface area contributed by atoms with E-state index in [1.165, 1.54) is 0 Å². The molecule has 0 saturated carbocycles. The molecule has 4 heteroatoms. The molecule has 3 aromatic carbocycles. The Labute approximate surface area is 155 Å². The zero-order chi connectivity index (χ0) is 17.6. The van der Waals surface area contributed by atoms with E-state index in [4.69, 9.17) is 0 Å². The maximum absolute atomic E-state index is 12.1. The van der Waals surface area contributed by atoms with Gasteiger partial charge in [-0.1, -0.05) is 76.6 Å². The molecule has 3 rings (SSSR count). The number of hydrogen-bond donors (Lipinski definition) is 2. The van der Waals surface area contributed by atoms with Crippen molar-refractivity contribution in [3.8, 4) is 0 Å². The number of hydrogen-bond acceptors (Lipinski definition) is 2. The van der Waals surface area contributed by atoms with Gasteiger partial charge in [0, 0.05) is 17.4 Å². The smallest absolute Gasteiger partial charge is 0.220 e. The molecule has 2 N–H and O–H groups in total. The zero-order valence-electron chi connectivity index (χ0n) is 13.8. The number of aliphatic hydroxyl groups excluding tert-OH is 1. The first-order valence-corrected chi connectivity index (χ1v) is 9.10. The van der Waals surface area contributed by atoms with Gasteiger partial charge in [0.1, 0.15) is 0 Å². The summed E-state index contributed by atoms with van der Waals surface area (Å²) in [6, 6.07) is 21.7. The predicted molar refractivity (Wildman–Crippen MR) is 104 cm³/mol. The SMILES string of the molecule is O=C(CCc1ccccc1Br)NC[C@H](O)c1cccc2ccccc12. The Balaban J connectivity index is 1.57. The standard InChI is InChI=1S/C21H20BrNO2/c22-19-11-4-2-7-16(19)12-13-21(25)23-14-20(24)18-10-5-8-15-6-1-3-9-17(15)18/h1-11,20,24H,12-14H2,(H,23,25)/t20-/m0/s1. The summed E-state index contributed by atoms with van der Waals surface area (Å²) < 4.78 is 1.01. The third-order valence-electron chi connectivity index (χ3n) is 4.25. The summed E-state index contributed by atoms with van der Waals surface area (Å²) in [7, 11) is 0. The molecular weight excluding hydrogens is 378 g/mol. The van der Waals surface area contributed by atoms with Crippen LogP contribution in [0.25, 0.3) is 10.8 Å². The van der Waals surface area contributed by atoms with Crippen LogP contribution in [0.3, 0.4) is 0 Å². The second-order valence-electron chi connectivity index (χ2n) is 5.98. The van der Waals surface area contributed by atoms with E-state index in [0.29, 0.717) is 12.8 Å². The molecule has 0 aliphatic carbocycles. The number of fused-ring (bicyclic) bond motifs is 1. The molecule has 128 valence electrons. The van der Waals surface area contributed by atoms with Crippen molar-refractivity contribution in [1.29, 1.82) is 0 Å². The molecule has 0 bridgehead atoms. The zero-order valence-corrected chi connectivity index (χ0v) is 15.4. The van der Waals surface area contributed by atoms with Gasteiger partial charge in [-0.25, -0.2) is 0 Å². The van der Waals surface area contributed by atoms with E-state index in [9.17, 15) is 9.90 Å². The van der Waals surface area contributed by atoms with Crippen LogP contribution in [0, 0.1) is 0 Å². The maximum Gasteiger partial charge on any atom is 0.220 e. The largest absolute Gasteiger partial charge is 0.387 e. The van der Waals surface area contributed by atoms with Crippen molar-refractivity contribution in [1.82, 2.24) is 5.32 Å². The molecule has 0 fully saturated rings. The summed E-state index contributed by atoms with van der Waals surface area (Å²) in [6.07, 6.45) is 0.334. The van der Waals surface area contributed by atoms with E-state index in [2.05, 4.69) is 21.2 Å². The van der Waals surface area contributed by atoms with Crippen LogP contribution in [0.4, 0.5) is 0 Å². The summed E-state index contributed by atoms with van der Waals surface area (Å²) in [5.74, 6) is -0.0601. The highest BCUT2D eigenvalue weighted by molar-refractivity contribution is 9.10. The Morgan fingerprint density at radius 3 is 2.56 bits per heavy atom. The fourth-order valence-corrected chi connectivity index (χ4v) is 3.38. The molecule has 0 saturated heterocycles. The fraction of sp³-hybridized carbons (Fsp3) is 0.190. The average molecular weight is 398 g/mol. The average Bonchev–Trinajstić information content (AvgIpc) is 2.65. The lowest BCUT2D eigenvalue weighted by atomic mass is 10.0. The molecule has 25 heavy (non-hydrogen) atoms. The van der Waals surface area contributed by atoms with Gasteiger partial charge in [0.05, 0.1) is 6.10 Å². The normalized spacial score (nSPS) is 12.1. The summed E-state index contributed by atoms with van der Waals surface area (Å²) in [5.41, 5.74) is 1.94. The van der Waals surface area contributed by atoms with Gasteiger partial charge >= 0.3 is 0 Å². The minimum atomic E-state index is -0.724. The number of benzene rings is 3. The Morgan fingerprint density at radius 1 is 1.00 bits per heavy atom. The quantitative estimate of drug-likeness (QED) is 0.647. The topological polar surface area (TPSA) is 49.3 Å². The number of amides is 1. The van der Waals surface area contributed by atoms with E-state index >= 15 is 0 Å². The molecular formula is C21H20BrNO2. The lowest BCUT2D eigenvalue weighted by Crippen LogP contribution is -2.28. The molecule has 0 aliphatic rings. The Bertz CT molecular complexity index is 873. The van der Waals surface area contributed by atoms with Crippen LogP contribution in [-0.4, -0.2) is 17.6 Å². The molecule has 3 aromatic rings. The monoisotopic (exact) mass is 397 g/mol. The van der Waals surface area contributed by atoms with Crippen molar-refractivity contribution in [3.63, 3.8) is 0 Å². The van der Waals surface area contributed by atoms with E-state index in [0.717, 1.165) is 26.4 Å². The fourth-order valence-electron chi connectivity index (χ4n) is 2.90. The number of nitrogens with one attached hydrogen (secondary N) is 1. The van der Waals surface area contributed by atoms with Crippen molar-refractivity contribution in [2.24, 2.45) is 0 Å². The van der Waals surface area contributed by atoms with Gasteiger partial charge in [-0.3, -0.25) is 4.79 Å². The molecule has 1 amide bonds. The van der Waals surface area contributed by atoms with Crippen LogP contribution in [-0.2, 0) is 11.2 Å². The highest BCUT2D eigenvalue weighted by Crippen LogP contribution is 2.24. The van der Waals surface area contributed by atoms with Gasteiger partial charge < -0.3 is 10.4 Å². The summed E-state index contributed by atoms with van der Waals surface area (Å²) in [6.45, 7) is 0.211. The third kappa shape index (κ3) is 4.47. The van der Waals surface area contributed by atoms with Crippen LogP contribution in [0.5, 0.6) is 0 Å². The van der Waals surface area contributed by atoms with Gasteiger partial charge in [0.2, 0.25) is 5.91 Å². The predicted octanol–water partition coefficient (Wildman–Crippen LogP) is 4.38. The molecule has 0 radical (unpaired) electrons. The molecule has 0 heterocycles. The first kappa shape index (κ1) is 17.6. The van der Waals surface area contributed by atoms with Crippen LogP contribution < -0.4 is 5.32 Å². The number of carbonyl (C=O) groups is 1. The summed E-state index contributed by atoms with van der Waals surface area (Å²) in [5, 5.41) is 15.4. The van der Waals surface area contributed by atoms with Crippen molar-refractivity contribution in [2.45, 2.75) is 18.9 Å². The lowest BCUT2D eigenvalue weighted by molar-refractivity contribution is -0.121. The molecule has 0 aliphatic heterocycles. The third-order valence-corrected chi connectivity index (χ3v) is 5.03. The molecule has 1 atom stereocenters. The van der Waals surface area contributed by atoms with Crippen LogP contribution >= 0.6 is 15.9 Å². The van der Waals surface area contributed by atoms with Crippen molar-refractivity contribution < 1.29 is 9.90 Å². The minimum Gasteiger partial charge on any atom is -0.387 e. The highest BCUT2D eigenvalue weighted by atomic mass is 79.9. The first-order chi connectivity index (χ1) is 12.1. The number of aryl methyl sites for hydroxylation is 1. The van der Waals surface area contributed by atoms with Crippen LogP contribution in [0.15, 0.2) is 71.2 Å². The van der Waals surface area contributed by atoms with E-state index in [1.54, 1.807) is 0 Å².